The first kappa shape index (κ1) is 13.9. The van der Waals surface area contributed by atoms with Gasteiger partial charge in [0.1, 0.15) is 11.5 Å². The standard InChI is InChI=1S/C9H15NO6S/c11-8(5-17(14,15)6-9(12)13)10-4-7-2-1-3-16-7/h7H,1-6H2,(H,10,11)(H,12,13)/t7-/m0/s1. The average molecular weight is 265 g/mol. The molecule has 0 spiro atoms. The second-order valence-corrected chi connectivity index (χ2v) is 5.93. The van der Waals surface area contributed by atoms with E-state index >= 15 is 0 Å². The second kappa shape index (κ2) is 5.97. The maximum atomic E-state index is 11.3. The lowest BCUT2D eigenvalue weighted by atomic mass is 10.2. The van der Waals surface area contributed by atoms with Gasteiger partial charge >= 0.3 is 5.97 Å². The Hall–Kier alpha value is -1.15. The van der Waals surface area contributed by atoms with Gasteiger partial charge in [0.2, 0.25) is 5.91 Å². The third-order valence-electron chi connectivity index (χ3n) is 2.25. The predicted octanol–water partition coefficient (Wildman–Crippen LogP) is -1.22. The first-order valence-corrected chi connectivity index (χ1v) is 7.02. The van der Waals surface area contributed by atoms with E-state index in [4.69, 9.17) is 9.84 Å². The molecule has 1 saturated heterocycles. The van der Waals surface area contributed by atoms with Crippen LogP contribution in [-0.2, 0) is 24.2 Å². The minimum absolute atomic E-state index is 0.0684. The van der Waals surface area contributed by atoms with E-state index in [1.165, 1.54) is 0 Å². The lowest BCUT2D eigenvalue weighted by Gasteiger charge is -2.10. The number of carboxylic acids is 1. The Balaban J connectivity index is 2.30. The molecule has 98 valence electrons. The van der Waals surface area contributed by atoms with Gasteiger partial charge in [-0.25, -0.2) is 8.42 Å². The maximum Gasteiger partial charge on any atom is 0.318 e. The zero-order valence-corrected chi connectivity index (χ0v) is 10.0. The highest BCUT2D eigenvalue weighted by Crippen LogP contribution is 2.10. The Morgan fingerprint density at radius 1 is 1.35 bits per heavy atom. The number of rotatable bonds is 6. The van der Waals surface area contributed by atoms with Crippen LogP contribution >= 0.6 is 0 Å². The zero-order chi connectivity index (χ0) is 12.9. The van der Waals surface area contributed by atoms with E-state index in [1.54, 1.807) is 0 Å². The van der Waals surface area contributed by atoms with Crippen LogP contribution in [0.4, 0.5) is 0 Å². The summed E-state index contributed by atoms with van der Waals surface area (Å²) in [7, 11) is -3.88. The molecule has 1 fully saturated rings. The van der Waals surface area contributed by atoms with Crippen molar-refractivity contribution in [2.45, 2.75) is 18.9 Å². The summed E-state index contributed by atoms with van der Waals surface area (Å²) in [6.45, 7) is 0.916. The van der Waals surface area contributed by atoms with Crippen LogP contribution in [0.5, 0.6) is 0 Å². The molecule has 0 aromatic heterocycles. The number of nitrogens with one attached hydrogen (secondary N) is 1. The topological polar surface area (TPSA) is 110 Å². The molecule has 1 amide bonds. The van der Waals surface area contributed by atoms with Crippen molar-refractivity contribution >= 4 is 21.7 Å². The Kier molecular flexibility index (Phi) is 4.88. The van der Waals surface area contributed by atoms with Gasteiger partial charge in [-0.3, -0.25) is 9.59 Å². The van der Waals surface area contributed by atoms with E-state index < -0.39 is 33.2 Å². The minimum Gasteiger partial charge on any atom is -0.480 e. The molecular weight excluding hydrogens is 250 g/mol. The first-order chi connectivity index (χ1) is 7.89. The number of amides is 1. The largest absolute Gasteiger partial charge is 0.480 e. The minimum atomic E-state index is -3.88. The third-order valence-corrected chi connectivity index (χ3v) is 3.63. The molecule has 1 aliphatic heterocycles. The van der Waals surface area contributed by atoms with Crippen LogP contribution in [0.1, 0.15) is 12.8 Å². The number of carboxylic acid groups (broad SMARTS) is 1. The van der Waals surface area contributed by atoms with Gasteiger partial charge in [0.25, 0.3) is 0 Å². The molecule has 0 aromatic carbocycles. The van der Waals surface area contributed by atoms with Crippen molar-refractivity contribution in [2.24, 2.45) is 0 Å². The summed E-state index contributed by atoms with van der Waals surface area (Å²) in [6, 6.07) is 0. The van der Waals surface area contributed by atoms with Crippen LogP contribution in [0.3, 0.4) is 0 Å². The van der Waals surface area contributed by atoms with Crippen molar-refractivity contribution in [1.29, 1.82) is 0 Å². The van der Waals surface area contributed by atoms with Crippen LogP contribution in [0, 0.1) is 0 Å². The molecule has 0 unspecified atom stereocenters. The molecule has 1 heterocycles. The molecule has 1 rings (SSSR count). The third kappa shape index (κ3) is 5.64. The zero-order valence-electron chi connectivity index (χ0n) is 9.22. The fraction of sp³-hybridized carbons (Fsp3) is 0.778. The summed E-state index contributed by atoms with van der Waals surface area (Å²) < 4.78 is 27.6. The molecular formula is C9H15NO6S. The average Bonchev–Trinajstić information content (AvgIpc) is 2.63. The number of ether oxygens (including phenoxy) is 1. The van der Waals surface area contributed by atoms with Gasteiger partial charge in [-0.15, -0.1) is 0 Å². The molecule has 0 aromatic rings. The number of hydrogen-bond acceptors (Lipinski definition) is 5. The lowest BCUT2D eigenvalue weighted by Crippen LogP contribution is -2.37. The van der Waals surface area contributed by atoms with Gasteiger partial charge in [-0.2, -0.15) is 0 Å². The van der Waals surface area contributed by atoms with Crippen molar-refractivity contribution in [3.63, 3.8) is 0 Å². The van der Waals surface area contributed by atoms with Crippen molar-refractivity contribution in [3.05, 3.63) is 0 Å². The fourth-order valence-corrected chi connectivity index (χ4v) is 2.50. The smallest absolute Gasteiger partial charge is 0.318 e. The fourth-order valence-electron chi connectivity index (χ4n) is 1.52. The van der Waals surface area contributed by atoms with Crippen LogP contribution in [0.25, 0.3) is 0 Å². The Morgan fingerprint density at radius 3 is 2.59 bits per heavy atom. The van der Waals surface area contributed by atoms with E-state index in [9.17, 15) is 18.0 Å². The molecule has 2 N–H and O–H groups in total. The van der Waals surface area contributed by atoms with Crippen molar-refractivity contribution in [3.8, 4) is 0 Å². The SMILES string of the molecule is O=C(O)CS(=O)(=O)CC(=O)NC[C@@H]1CCCO1. The van der Waals surface area contributed by atoms with Gasteiger partial charge in [0.05, 0.1) is 6.10 Å². The second-order valence-electron chi connectivity index (χ2n) is 3.87. The van der Waals surface area contributed by atoms with Gasteiger partial charge in [-0.1, -0.05) is 0 Å². The Morgan fingerprint density at radius 2 is 2.06 bits per heavy atom. The highest BCUT2D eigenvalue weighted by Gasteiger charge is 2.21. The molecule has 0 aliphatic carbocycles. The van der Waals surface area contributed by atoms with E-state index in [-0.39, 0.29) is 12.6 Å². The molecule has 17 heavy (non-hydrogen) atoms. The Labute approximate surface area is 99.1 Å². The van der Waals surface area contributed by atoms with Gasteiger partial charge in [0.15, 0.2) is 9.84 Å². The quantitative estimate of drug-likeness (QED) is 0.623. The predicted molar refractivity (Wildman–Crippen MR) is 58.3 cm³/mol. The summed E-state index contributed by atoms with van der Waals surface area (Å²) in [5.41, 5.74) is 0. The number of aliphatic carboxylic acids is 1. The summed E-state index contributed by atoms with van der Waals surface area (Å²) in [4.78, 5) is 21.5. The molecule has 0 radical (unpaired) electrons. The summed E-state index contributed by atoms with van der Waals surface area (Å²) in [6.07, 6.45) is 1.70. The lowest BCUT2D eigenvalue weighted by molar-refractivity contribution is -0.134. The van der Waals surface area contributed by atoms with Crippen LogP contribution < -0.4 is 5.32 Å². The molecule has 7 nitrogen and oxygen atoms in total. The highest BCUT2D eigenvalue weighted by molar-refractivity contribution is 7.92. The monoisotopic (exact) mass is 265 g/mol. The van der Waals surface area contributed by atoms with Gasteiger partial charge in [0, 0.05) is 13.2 Å². The number of sulfone groups is 1. The summed E-state index contributed by atoms with van der Waals surface area (Å²) in [5.74, 6) is -3.98. The van der Waals surface area contributed by atoms with E-state index in [2.05, 4.69) is 5.32 Å². The molecule has 1 aliphatic rings. The summed E-state index contributed by atoms with van der Waals surface area (Å²) in [5, 5.41) is 10.8. The normalized spacial score (nSPS) is 20.1. The van der Waals surface area contributed by atoms with Crippen molar-refractivity contribution in [2.75, 3.05) is 24.7 Å². The van der Waals surface area contributed by atoms with Gasteiger partial charge in [-0.05, 0) is 12.8 Å². The molecule has 0 bridgehead atoms. The molecule has 8 heteroatoms. The van der Waals surface area contributed by atoms with Crippen molar-refractivity contribution in [1.82, 2.24) is 5.32 Å². The van der Waals surface area contributed by atoms with E-state index in [1.807, 2.05) is 0 Å². The number of carbonyl (C=O) groups is 2. The van der Waals surface area contributed by atoms with E-state index in [0.29, 0.717) is 6.61 Å². The van der Waals surface area contributed by atoms with Crippen LogP contribution in [0.15, 0.2) is 0 Å². The summed E-state index contributed by atoms with van der Waals surface area (Å²) >= 11 is 0. The molecule has 1 atom stereocenters. The van der Waals surface area contributed by atoms with Gasteiger partial charge < -0.3 is 15.2 Å². The number of carbonyl (C=O) groups excluding carboxylic acids is 1. The highest BCUT2D eigenvalue weighted by atomic mass is 32.2. The number of hydrogen-bond donors (Lipinski definition) is 2. The van der Waals surface area contributed by atoms with Crippen molar-refractivity contribution < 1.29 is 27.9 Å². The van der Waals surface area contributed by atoms with Crippen LogP contribution in [0.2, 0.25) is 0 Å². The van der Waals surface area contributed by atoms with E-state index in [0.717, 1.165) is 12.8 Å². The molecule has 0 saturated carbocycles. The maximum absolute atomic E-state index is 11.3. The first-order valence-electron chi connectivity index (χ1n) is 5.19. The van der Waals surface area contributed by atoms with Crippen LogP contribution in [-0.4, -0.2) is 56.2 Å². The Bertz CT molecular complexity index is 384.